The minimum atomic E-state index is 0.271. The van der Waals surface area contributed by atoms with Crippen LogP contribution < -0.4 is 5.32 Å². The van der Waals surface area contributed by atoms with Gasteiger partial charge in [0.15, 0.2) is 0 Å². The van der Waals surface area contributed by atoms with Crippen molar-refractivity contribution in [2.45, 2.75) is 32.2 Å². The van der Waals surface area contributed by atoms with E-state index in [2.05, 4.69) is 20.3 Å². The van der Waals surface area contributed by atoms with Crippen LogP contribution in [0.1, 0.15) is 25.1 Å². The first-order valence-electron chi connectivity index (χ1n) is 5.35. The molecule has 0 bridgehead atoms. The minimum Gasteiger partial charge on any atom is -0.351 e. The maximum absolute atomic E-state index is 5.77. The molecule has 2 atom stereocenters. The third-order valence-electron chi connectivity index (χ3n) is 3.30. The van der Waals surface area contributed by atoms with Gasteiger partial charge in [0.25, 0.3) is 0 Å². The van der Waals surface area contributed by atoms with E-state index in [1.165, 1.54) is 19.3 Å². The highest BCUT2D eigenvalue weighted by atomic mass is 35.5. The largest absolute Gasteiger partial charge is 0.351 e. The Morgan fingerprint density at radius 3 is 2.53 bits per heavy atom. The first kappa shape index (κ1) is 9.33. The minimum absolute atomic E-state index is 0.271. The second kappa shape index (κ2) is 3.30. The Morgan fingerprint density at radius 2 is 1.87 bits per heavy atom. The van der Waals surface area contributed by atoms with Gasteiger partial charge >= 0.3 is 0 Å². The maximum Gasteiger partial charge on any atom is 0.227 e. The molecule has 2 aliphatic rings. The molecule has 0 saturated heterocycles. The molecular formula is C10H13ClN4. The molecule has 3 rings (SSSR count). The molecule has 0 amide bonds. The van der Waals surface area contributed by atoms with Crippen LogP contribution in [0.5, 0.6) is 0 Å². The normalized spacial score (nSPS) is 32.5. The third kappa shape index (κ3) is 1.91. The first-order valence-corrected chi connectivity index (χ1v) is 5.73. The van der Waals surface area contributed by atoms with Crippen LogP contribution in [0, 0.1) is 18.8 Å². The molecule has 4 nitrogen and oxygen atoms in total. The Kier molecular flexibility index (Phi) is 2.06. The monoisotopic (exact) mass is 224 g/mol. The molecule has 2 fully saturated rings. The number of halogens is 1. The van der Waals surface area contributed by atoms with Crippen LogP contribution >= 0.6 is 11.6 Å². The summed E-state index contributed by atoms with van der Waals surface area (Å²) in [6, 6.07) is 0.534. The van der Waals surface area contributed by atoms with Gasteiger partial charge in [-0.2, -0.15) is 9.97 Å². The van der Waals surface area contributed by atoms with Crippen LogP contribution in [-0.4, -0.2) is 21.0 Å². The topological polar surface area (TPSA) is 50.7 Å². The fourth-order valence-electron chi connectivity index (χ4n) is 2.53. The quantitative estimate of drug-likeness (QED) is 0.836. The van der Waals surface area contributed by atoms with E-state index in [1.54, 1.807) is 0 Å². The number of nitrogens with one attached hydrogen (secondary N) is 1. The van der Waals surface area contributed by atoms with Crippen molar-refractivity contribution in [2.75, 3.05) is 5.32 Å². The Morgan fingerprint density at radius 1 is 1.13 bits per heavy atom. The zero-order valence-electron chi connectivity index (χ0n) is 8.57. The number of aromatic nitrogens is 3. The summed E-state index contributed by atoms with van der Waals surface area (Å²) in [5.41, 5.74) is 0. The molecule has 2 unspecified atom stereocenters. The first-order chi connectivity index (χ1) is 7.20. The van der Waals surface area contributed by atoms with E-state index in [4.69, 9.17) is 11.6 Å². The van der Waals surface area contributed by atoms with E-state index in [-0.39, 0.29) is 5.28 Å². The summed E-state index contributed by atoms with van der Waals surface area (Å²) < 4.78 is 0. The van der Waals surface area contributed by atoms with Gasteiger partial charge in [0.05, 0.1) is 0 Å². The van der Waals surface area contributed by atoms with Crippen molar-refractivity contribution in [3.05, 3.63) is 11.1 Å². The van der Waals surface area contributed by atoms with Crippen LogP contribution in [-0.2, 0) is 0 Å². The Bertz CT molecular complexity index is 365. The fourth-order valence-corrected chi connectivity index (χ4v) is 2.73. The molecule has 1 aromatic heterocycles. The second-order valence-corrected chi connectivity index (χ2v) is 4.88. The van der Waals surface area contributed by atoms with Gasteiger partial charge in [-0.05, 0) is 49.6 Å². The van der Waals surface area contributed by atoms with Crippen LogP contribution in [0.3, 0.4) is 0 Å². The summed E-state index contributed by atoms with van der Waals surface area (Å²) in [5, 5.41) is 3.61. The molecule has 0 aliphatic heterocycles. The standard InChI is InChI=1S/C10H13ClN4/c1-5-12-9(11)15-10(13-5)14-8-3-6-2-7(6)4-8/h6-8H,2-4H2,1H3,(H,12,13,14,15). The Labute approximate surface area is 93.5 Å². The number of anilines is 1. The number of fused-ring (bicyclic) bond motifs is 1. The second-order valence-electron chi connectivity index (χ2n) is 4.54. The summed E-state index contributed by atoms with van der Waals surface area (Å²) in [5.74, 6) is 3.21. The number of hydrogen-bond acceptors (Lipinski definition) is 4. The van der Waals surface area contributed by atoms with E-state index in [0.29, 0.717) is 17.8 Å². The summed E-state index contributed by atoms with van der Waals surface area (Å²) in [7, 11) is 0. The SMILES string of the molecule is Cc1nc(Cl)nc(NC2CC3CC3C2)n1. The van der Waals surface area contributed by atoms with E-state index >= 15 is 0 Å². The average Bonchev–Trinajstić information content (AvgIpc) is 2.72. The molecule has 5 heteroatoms. The lowest BCUT2D eigenvalue weighted by Gasteiger charge is -2.13. The molecule has 80 valence electrons. The zero-order chi connectivity index (χ0) is 10.4. The maximum atomic E-state index is 5.77. The molecule has 0 aromatic carbocycles. The predicted molar refractivity (Wildman–Crippen MR) is 57.8 cm³/mol. The molecule has 15 heavy (non-hydrogen) atoms. The smallest absolute Gasteiger partial charge is 0.227 e. The van der Waals surface area contributed by atoms with Crippen molar-refractivity contribution in [1.82, 2.24) is 15.0 Å². The zero-order valence-corrected chi connectivity index (χ0v) is 9.33. The van der Waals surface area contributed by atoms with Crippen LogP contribution in [0.2, 0.25) is 5.28 Å². The summed E-state index contributed by atoms with van der Waals surface area (Å²) in [4.78, 5) is 12.2. The molecule has 2 aliphatic carbocycles. The van der Waals surface area contributed by atoms with E-state index in [1.807, 2.05) is 6.92 Å². The van der Waals surface area contributed by atoms with E-state index in [0.717, 1.165) is 11.8 Å². The summed E-state index contributed by atoms with van der Waals surface area (Å²) in [6.45, 7) is 1.82. The Balaban J connectivity index is 1.70. The number of hydrogen-bond donors (Lipinski definition) is 1. The van der Waals surface area contributed by atoms with Gasteiger partial charge in [0.1, 0.15) is 5.82 Å². The van der Waals surface area contributed by atoms with E-state index in [9.17, 15) is 0 Å². The van der Waals surface area contributed by atoms with Crippen LogP contribution in [0.15, 0.2) is 0 Å². The molecule has 1 aromatic rings. The molecule has 0 radical (unpaired) electrons. The molecular weight excluding hydrogens is 212 g/mol. The molecule has 0 spiro atoms. The van der Waals surface area contributed by atoms with Gasteiger partial charge in [-0.1, -0.05) is 0 Å². The lowest BCUT2D eigenvalue weighted by Crippen LogP contribution is -2.19. The van der Waals surface area contributed by atoms with Crippen LogP contribution in [0.25, 0.3) is 0 Å². The number of rotatable bonds is 2. The number of aryl methyl sites for hydroxylation is 1. The number of nitrogens with zero attached hydrogens (tertiary/aromatic N) is 3. The fraction of sp³-hybridized carbons (Fsp3) is 0.700. The van der Waals surface area contributed by atoms with Gasteiger partial charge in [0.2, 0.25) is 11.2 Å². The lowest BCUT2D eigenvalue weighted by molar-refractivity contribution is 0.644. The van der Waals surface area contributed by atoms with E-state index < -0.39 is 0 Å². The van der Waals surface area contributed by atoms with Crippen molar-refractivity contribution in [3.8, 4) is 0 Å². The van der Waals surface area contributed by atoms with Crippen molar-refractivity contribution in [3.63, 3.8) is 0 Å². The molecule has 1 heterocycles. The molecule has 1 N–H and O–H groups in total. The van der Waals surface area contributed by atoms with Gasteiger partial charge in [-0.25, -0.2) is 4.98 Å². The van der Waals surface area contributed by atoms with Gasteiger partial charge in [-0.15, -0.1) is 0 Å². The van der Waals surface area contributed by atoms with Crippen molar-refractivity contribution in [2.24, 2.45) is 11.8 Å². The predicted octanol–water partition coefficient (Wildman–Crippen LogP) is 2.04. The molecule has 2 saturated carbocycles. The highest BCUT2D eigenvalue weighted by molar-refractivity contribution is 6.28. The summed E-state index contributed by atoms with van der Waals surface area (Å²) >= 11 is 5.77. The van der Waals surface area contributed by atoms with Gasteiger partial charge < -0.3 is 5.32 Å². The van der Waals surface area contributed by atoms with Crippen LogP contribution in [0.4, 0.5) is 5.95 Å². The Hall–Kier alpha value is -0.900. The third-order valence-corrected chi connectivity index (χ3v) is 3.47. The highest BCUT2D eigenvalue weighted by Crippen LogP contribution is 2.52. The van der Waals surface area contributed by atoms with Crippen molar-refractivity contribution < 1.29 is 0 Å². The highest BCUT2D eigenvalue weighted by Gasteiger charge is 2.45. The van der Waals surface area contributed by atoms with Gasteiger partial charge in [-0.3, -0.25) is 0 Å². The van der Waals surface area contributed by atoms with Crippen molar-refractivity contribution >= 4 is 17.5 Å². The van der Waals surface area contributed by atoms with Crippen molar-refractivity contribution in [1.29, 1.82) is 0 Å². The average molecular weight is 225 g/mol. The van der Waals surface area contributed by atoms with Gasteiger partial charge in [0, 0.05) is 6.04 Å². The summed E-state index contributed by atoms with van der Waals surface area (Å²) in [6.07, 6.45) is 3.94. The lowest BCUT2D eigenvalue weighted by atomic mass is 10.2.